The summed E-state index contributed by atoms with van der Waals surface area (Å²) in [7, 11) is 1.78. The Kier molecular flexibility index (Phi) is 7.52. The zero-order valence-electron chi connectivity index (χ0n) is 18.2. The number of nitrogens with zero attached hydrogens (tertiary/aromatic N) is 4. The lowest BCUT2D eigenvalue weighted by molar-refractivity contribution is 0.255. The molecule has 29 heavy (non-hydrogen) atoms. The van der Waals surface area contributed by atoms with Gasteiger partial charge in [0.25, 0.3) is 0 Å². The van der Waals surface area contributed by atoms with Crippen molar-refractivity contribution in [2.24, 2.45) is 4.99 Å². The van der Waals surface area contributed by atoms with E-state index < -0.39 is 0 Å². The van der Waals surface area contributed by atoms with E-state index >= 15 is 0 Å². The summed E-state index contributed by atoms with van der Waals surface area (Å²) in [4.78, 5) is 13.7. The van der Waals surface area contributed by atoms with E-state index in [1.807, 2.05) is 13.8 Å². The first kappa shape index (κ1) is 21.2. The van der Waals surface area contributed by atoms with Crippen LogP contribution in [-0.2, 0) is 6.54 Å². The third-order valence-electron chi connectivity index (χ3n) is 5.39. The number of aliphatic imine (C=N–C) groups is 1. The fourth-order valence-corrected chi connectivity index (χ4v) is 3.56. The van der Waals surface area contributed by atoms with Crippen LogP contribution in [0.4, 0.5) is 5.69 Å². The number of anilines is 1. The van der Waals surface area contributed by atoms with Crippen LogP contribution >= 0.6 is 0 Å². The van der Waals surface area contributed by atoms with Crippen LogP contribution in [0.5, 0.6) is 0 Å². The maximum Gasteiger partial charge on any atom is 0.214 e. The Bertz CT molecular complexity index is 788. The van der Waals surface area contributed by atoms with Crippen molar-refractivity contribution >= 4 is 11.6 Å². The zero-order valence-corrected chi connectivity index (χ0v) is 18.2. The Morgan fingerprint density at radius 1 is 1.14 bits per heavy atom. The number of hydrogen-bond donors (Lipinski definition) is 2. The maximum atomic E-state index is 5.59. The fraction of sp³-hybridized carbons (Fsp3) is 0.545. The molecule has 0 unspecified atom stereocenters. The third-order valence-corrected chi connectivity index (χ3v) is 5.39. The molecule has 7 nitrogen and oxygen atoms in total. The Morgan fingerprint density at radius 2 is 1.93 bits per heavy atom. The molecule has 0 spiro atoms. The summed E-state index contributed by atoms with van der Waals surface area (Å²) in [6.45, 7) is 13.0. The van der Waals surface area contributed by atoms with E-state index in [1.165, 1.54) is 11.3 Å². The summed E-state index contributed by atoms with van der Waals surface area (Å²) in [6, 6.07) is 8.79. The van der Waals surface area contributed by atoms with Crippen molar-refractivity contribution in [1.29, 1.82) is 0 Å². The highest BCUT2D eigenvalue weighted by Gasteiger charge is 2.16. The molecule has 1 aliphatic rings. The van der Waals surface area contributed by atoms with E-state index in [0.717, 1.165) is 63.1 Å². The van der Waals surface area contributed by atoms with Crippen LogP contribution in [0.2, 0.25) is 0 Å². The van der Waals surface area contributed by atoms with Crippen LogP contribution in [-0.4, -0.2) is 62.2 Å². The molecule has 0 radical (unpaired) electrons. The van der Waals surface area contributed by atoms with Gasteiger partial charge in [0.15, 0.2) is 5.96 Å². The van der Waals surface area contributed by atoms with Crippen LogP contribution in [0.3, 0.4) is 0 Å². The Morgan fingerprint density at radius 3 is 2.59 bits per heavy atom. The first-order valence-electron chi connectivity index (χ1n) is 10.5. The maximum absolute atomic E-state index is 5.59. The SMILES string of the molecule is CN=C(NCCCN1CCN(c2cccc(C)c2)CC1)NCc1nc(C)c(C)o1. The zero-order chi connectivity index (χ0) is 20.6. The number of nitrogens with one attached hydrogen (secondary N) is 2. The molecule has 1 fully saturated rings. The first-order chi connectivity index (χ1) is 14.0. The molecule has 2 N–H and O–H groups in total. The van der Waals surface area contributed by atoms with Crippen LogP contribution in [0, 0.1) is 20.8 Å². The normalized spacial score (nSPS) is 15.6. The molecular weight excluding hydrogens is 364 g/mol. The minimum absolute atomic E-state index is 0.537. The first-order valence-corrected chi connectivity index (χ1v) is 10.5. The van der Waals surface area contributed by atoms with Gasteiger partial charge in [-0.25, -0.2) is 4.98 Å². The molecule has 3 rings (SSSR count). The topological polar surface area (TPSA) is 68.9 Å². The molecule has 0 saturated carbocycles. The summed E-state index contributed by atoms with van der Waals surface area (Å²) in [5.74, 6) is 2.34. The van der Waals surface area contributed by atoms with Gasteiger partial charge in [0.1, 0.15) is 5.76 Å². The van der Waals surface area contributed by atoms with Crippen molar-refractivity contribution in [3.63, 3.8) is 0 Å². The predicted octanol–water partition coefficient (Wildman–Crippen LogP) is 2.48. The smallest absolute Gasteiger partial charge is 0.214 e. The third kappa shape index (κ3) is 6.22. The molecule has 0 bridgehead atoms. The van der Waals surface area contributed by atoms with Crippen molar-refractivity contribution in [3.8, 4) is 0 Å². The average molecular weight is 399 g/mol. The molecule has 0 atom stereocenters. The lowest BCUT2D eigenvalue weighted by Crippen LogP contribution is -2.47. The molecule has 1 aromatic heterocycles. The molecule has 0 aliphatic carbocycles. The monoisotopic (exact) mass is 398 g/mol. The number of hydrogen-bond acceptors (Lipinski definition) is 5. The summed E-state index contributed by atoms with van der Waals surface area (Å²) < 4.78 is 5.59. The van der Waals surface area contributed by atoms with Gasteiger partial charge in [-0.05, 0) is 51.4 Å². The molecule has 7 heteroatoms. The van der Waals surface area contributed by atoms with Crippen LogP contribution in [0.15, 0.2) is 33.7 Å². The Hall–Kier alpha value is -2.54. The molecule has 1 aromatic carbocycles. The fourth-order valence-electron chi connectivity index (χ4n) is 3.56. The van der Waals surface area contributed by atoms with Gasteiger partial charge >= 0.3 is 0 Å². The van der Waals surface area contributed by atoms with E-state index in [1.54, 1.807) is 7.05 Å². The second-order valence-electron chi connectivity index (χ2n) is 7.62. The number of rotatable bonds is 7. The number of guanidine groups is 1. The quantitative estimate of drug-likeness (QED) is 0.424. The van der Waals surface area contributed by atoms with Crippen LogP contribution in [0.1, 0.15) is 29.3 Å². The molecule has 0 amide bonds. The van der Waals surface area contributed by atoms with Crippen molar-refractivity contribution in [2.75, 3.05) is 51.2 Å². The second-order valence-corrected chi connectivity index (χ2v) is 7.62. The van der Waals surface area contributed by atoms with E-state index in [0.29, 0.717) is 12.4 Å². The molecule has 2 aromatic rings. The van der Waals surface area contributed by atoms with Crippen LogP contribution < -0.4 is 15.5 Å². The standard InChI is InChI=1S/C22H34N6O/c1-17-7-5-8-20(15-17)28-13-11-27(12-14-28)10-6-9-24-22(23-4)25-16-21-26-18(2)19(3)29-21/h5,7-8,15H,6,9-14,16H2,1-4H3,(H2,23,24,25). The highest BCUT2D eigenvalue weighted by molar-refractivity contribution is 5.79. The van der Waals surface area contributed by atoms with Gasteiger partial charge in [0.2, 0.25) is 5.89 Å². The summed E-state index contributed by atoms with van der Waals surface area (Å²) in [6.07, 6.45) is 1.09. The van der Waals surface area contributed by atoms with Crippen molar-refractivity contribution in [3.05, 3.63) is 47.2 Å². The van der Waals surface area contributed by atoms with Crippen molar-refractivity contribution in [1.82, 2.24) is 20.5 Å². The number of oxazole rings is 1. The van der Waals surface area contributed by atoms with Gasteiger partial charge in [-0.2, -0.15) is 0 Å². The number of aryl methyl sites for hydroxylation is 3. The molecular formula is C22H34N6O. The highest BCUT2D eigenvalue weighted by Crippen LogP contribution is 2.17. The molecule has 2 heterocycles. The van der Waals surface area contributed by atoms with Crippen molar-refractivity contribution in [2.45, 2.75) is 33.7 Å². The van der Waals surface area contributed by atoms with E-state index in [2.05, 4.69) is 61.6 Å². The van der Waals surface area contributed by atoms with Gasteiger partial charge < -0.3 is 20.0 Å². The highest BCUT2D eigenvalue weighted by atomic mass is 16.4. The average Bonchev–Trinajstić information content (AvgIpc) is 3.05. The lowest BCUT2D eigenvalue weighted by atomic mass is 10.2. The Balaban J connectivity index is 1.32. The number of aromatic nitrogens is 1. The number of piperazine rings is 1. The van der Waals surface area contributed by atoms with Gasteiger partial charge in [0.05, 0.1) is 12.2 Å². The van der Waals surface area contributed by atoms with Gasteiger partial charge in [0, 0.05) is 45.5 Å². The summed E-state index contributed by atoms with van der Waals surface area (Å²) >= 11 is 0. The van der Waals surface area contributed by atoms with Gasteiger partial charge in [-0.1, -0.05) is 12.1 Å². The second kappa shape index (κ2) is 10.3. The minimum Gasteiger partial charge on any atom is -0.444 e. The lowest BCUT2D eigenvalue weighted by Gasteiger charge is -2.36. The predicted molar refractivity (Wildman–Crippen MR) is 119 cm³/mol. The van der Waals surface area contributed by atoms with E-state index in [4.69, 9.17) is 4.42 Å². The van der Waals surface area contributed by atoms with Gasteiger partial charge in [-0.3, -0.25) is 9.89 Å². The molecule has 1 saturated heterocycles. The van der Waals surface area contributed by atoms with E-state index in [-0.39, 0.29) is 0 Å². The Labute approximate surface area is 174 Å². The minimum atomic E-state index is 0.537. The summed E-state index contributed by atoms with van der Waals surface area (Å²) in [5.41, 5.74) is 3.61. The van der Waals surface area contributed by atoms with Crippen LogP contribution in [0.25, 0.3) is 0 Å². The summed E-state index contributed by atoms with van der Waals surface area (Å²) in [5, 5.41) is 6.63. The number of benzene rings is 1. The molecule has 1 aliphatic heterocycles. The van der Waals surface area contributed by atoms with Gasteiger partial charge in [-0.15, -0.1) is 0 Å². The van der Waals surface area contributed by atoms with Crippen molar-refractivity contribution < 1.29 is 4.42 Å². The van der Waals surface area contributed by atoms with E-state index in [9.17, 15) is 0 Å². The largest absolute Gasteiger partial charge is 0.444 e. The molecule has 158 valence electrons.